The van der Waals surface area contributed by atoms with Crippen LogP contribution < -0.4 is 5.73 Å². The van der Waals surface area contributed by atoms with E-state index in [1.165, 1.54) is 0 Å². The second kappa shape index (κ2) is 3.61. The summed E-state index contributed by atoms with van der Waals surface area (Å²) in [5, 5.41) is 9.09. The van der Waals surface area contributed by atoms with Gasteiger partial charge in [-0.15, -0.1) is 0 Å². The second-order valence-corrected chi connectivity index (χ2v) is 2.86. The fourth-order valence-electron chi connectivity index (χ4n) is 1.11. The minimum absolute atomic E-state index is 0.0837. The lowest BCUT2D eigenvalue weighted by Crippen LogP contribution is -2.02. The van der Waals surface area contributed by atoms with Crippen molar-refractivity contribution >= 4 is 11.5 Å². The van der Waals surface area contributed by atoms with Crippen molar-refractivity contribution in [2.24, 2.45) is 0 Å². The molecule has 1 rings (SSSR count). The number of rotatable bonds is 2. The zero-order chi connectivity index (χ0) is 10.9. The summed E-state index contributed by atoms with van der Waals surface area (Å²) < 4.78 is 24.8. The number of phenolic OH excluding ortho intramolecular Hbond substituents is 1. The number of ketones is 1. The van der Waals surface area contributed by atoms with E-state index in [1.807, 2.05) is 0 Å². The van der Waals surface area contributed by atoms with E-state index in [4.69, 9.17) is 10.8 Å². The summed E-state index contributed by atoms with van der Waals surface area (Å²) in [6.45, 7) is 1.16. The van der Waals surface area contributed by atoms with Gasteiger partial charge in [-0.05, 0) is 19.1 Å². The summed E-state index contributed by atoms with van der Waals surface area (Å²) in [5.41, 5.74) is 4.54. The van der Waals surface area contributed by atoms with Gasteiger partial charge >= 0.3 is 0 Å². The molecule has 0 radical (unpaired) electrons. The van der Waals surface area contributed by atoms with Crippen molar-refractivity contribution in [2.45, 2.75) is 13.3 Å². The number of carbonyl (C=O) groups is 1. The Bertz CT molecular complexity index is 377. The standard InChI is InChI=1S/C9H9F2NO2/c1-4(13)5-2-7(12)8(14)3-6(5)9(10)11/h2-3,9,14H,12H2,1H3. The van der Waals surface area contributed by atoms with Crippen LogP contribution in [0.2, 0.25) is 0 Å². The molecule has 0 saturated carbocycles. The average molecular weight is 201 g/mol. The monoisotopic (exact) mass is 201 g/mol. The molecule has 0 unspecified atom stereocenters. The van der Waals surface area contributed by atoms with Crippen molar-refractivity contribution in [1.82, 2.24) is 0 Å². The Morgan fingerprint density at radius 1 is 1.50 bits per heavy atom. The van der Waals surface area contributed by atoms with Gasteiger partial charge in [0.1, 0.15) is 5.75 Å². The highest BCUT2D eigenvalue weighted by molar-refractivity contribution is 5.97. The van der Waals surface area contributed by atoms with Gasteiger partial charge in [0.2, 0.25) is 0 Å². The lowest BCUT2D eigenvalue weighted by molar-refractivity contribution is 0.0999. The third-order valence-corrected chi connectivity index (χ3v) is 1.81. The lowest BCUT2D eigenvalue weighted by Gasteiger charge is -2.08. The number of aromatic hydroxyl groups is 1. The molecule has 5 heteroatoms. The molecule has 3 nitrogen and oxygen atoms in total. The fourth-order valence-corrected chi connectivity index (χ4v) is 1.11. The van der Waals surface area contributed by atoms with Crippen LogP contribution in [0.4, 0.5) is 14.5 Å². The van der Waals surface area contributed by atoms with Crippen molar-refractivity contribution in [3.05, 3.63) is 23.3 Å². The molecule has 0 spiro atoms. The van der Waals surface area contributed by atoms with Crippen molar-refractivity contribution < 1.29 is 18.7 Å². The van der Waals surface area contributed by atoms with Crippen molar-refractivity contribution in [3.63, 3.8) is 0 Å². The molecule has 0 atom stereocenters. The van der Waals surface area contributed by atoms with Crippen LogP contribution in [0.25, 0.3) is 0 Å². The lowest BCUT2D eigenvalue weighted by atomic mass is 10.0. The summed E-state index contributed by atoms with van der Waals surface area (Å²) in [6.07, 6.45) is -2.81. The summed E-state index contributed by atoms with van der Waals surface area (Å²) in [4.78, 5) is 11.0. The molecular weight excluding hydrogens is 192 g/mol. The maximum Gasteiger partial charge on any atom is 0.264 e. The first-order chi connectivity index (χ1) is 6.43. The van der Waals surface area contributed by atoms with Gasteiger partial charge in [-0.3, -0.25) is 4.79 Å². The minimum atomic E-state index is -2.81. The van der Waals surface area contributed by atoms with Gasteiger partial charge in [0.15, 0.2) is 5.78 Å². The number of benzene rings is 1. The second-order valence-electron chi connectivity index (χ2n) is 2.86. The number of anilines is 1. The zero-order valence-electron chi connectivity index (χ0n) is 7.42. The summed E-state index contributed by atoms with van der Waals surface area (Å²) >= 11 is 0. The highest BCUT2D eigenvalue weighted by Gasteiger charge is 2.18. The molecule has 1 aromatic rings. The molecule has 0 aliphatic heterocycles. The molecule has 0 saturated heterocycles. The molecule has 0 heterocycles. The Kier molecular flexibility index (Phi) is 2.69. The van der Waals surface area contributed by atoms with Gasteiger partial charge in [0.05, 0.1) is 5.69 Å². The smallest absolute Gasteiger partial charge is 0.264 e. The first-order valence-corrected chi connectivity index (χ1v) is 3.85. The normalized spacial score (nSPS) is 10.6. The molecule has 76 valence electrons. The number of hydrogen-bond donors (Lipinski definition) is 2. The molecule has 0 aromatic heterocycles. The number of nitrogen functional groups attached to an aromatic ring is 1. The number of Topliss-reactive ketones (excluding diaryl/α,β-unsaturated/α-hetero) is 1. The number of hydrogen-bond acceptors (Lipinski definition) is 3. The van der Waals surface area contributed by atoms with Crippen molar-refractivity contribution in [1.29, 1.82) is 0 Å². The molecule has 1 aromatic carbocycles. The van der Waals surface area contributed by atoms with Crippen LogP contribution in [0.1, 0.15) is 29.3 Å². The van der Waals surface area contributed by atoms with Gasteiger partial charge in [0.25, 0.3) is 6.43 Å². The van der Waals surface area contributed by atoms with Crippen LogP contribution in [-0.4, -0.2) is 10.9 Å². The number of carbonyl (C=O) groups excluding carboxylic acids is 1. The van der Waals surface area contributed by atoms with Crippen molar-refractivity contribution in [3.8, 4) is 5.75 Å². The minimum Gasteiger partial charge on any atom is -0.506 e. The topological polar surface area (TPSA) is 63.3 Å². The molecular formula is C9H9F2NO2. The van der Waals surface area contributed by atoms with Gasteiger partial charge < -0.3 is 10.8 Å². The van der Waals surface area contributed by atoms with Gasteiger partial charge in [-0.1, -0.05) is 0 Å². The number of nitrogens with two attached hydrogens (primary N) is 1. The van der Waals surface area contributed by atoms with E-state index < -0.39 is 23.5 Å². The highest BCUT2D eigenvalue weighted by Crippen LogP contribution is 2.31. The Hall–Kier alpha value is -1.65. The van der Waals surface area contributed by atoms with Crippen LogP contribution >= 0.6 is 0 Å². The maximum absolute atomic E-state index is 12.4. The zero-order valence-corrected chi connectivity index (χ0v) is 7.42. The predicted octanol–water partition coefficient (Wildman–Crippen LogP) is 2.11. The van der Waals surface area contributed by atoms with E-state index in [-0.39, 0.29) is 11.3 Å². The quantitative estimate of drug-likeness (QED) is 0.437. The van der Waals surface area contributed by atoms with E-state index in [2.05, 4.69) is 0 Å². The summed E-state index contributed by atoms with van der Waals surface area (Å²) in [7, 11) is 0. The van der Waals surface area contributed by atoms with Crippen LogP contribution in [0.15, 0.2) is 12.1 Å². The van der Waals surface area contributed by atoms with Gasteiger partial charge in [-0.2, -0.15) is 0 Å². The largest absolute Gasteiger partial charge is 0.506 e. The molecule has 0 aliphatic rings. The first kappa shape index (κ1) is 10.4. The Morgan fingerprint density at radius 2 is 2.07 bits per heavy atom. The third kappa shape index (κ3) is 1.81. The van der Waals surface area contributed by atoms with Crippen LogP contribution in [-0.2, 0) is 0 Å². The van der Waals surface area contributed by atoms with E-state index in [0.717, 1.165) is 19.1 Å². The molecule has 0 aliphatic carbocycles. The predicted molar refractivity (Wildman–Crippen MR) is 47.5 cm³/mol. The Morgan fingerprint density at radius 3 is 2.50 bits per heavy atom. The van der Waals surface area contributed by atoms with Crippen molar-refractivity contribution in [2.75, 3.05) is 5.73 Å². The van der Waals surface area contributed by atoms with E-state index in [1.54, 1.807) is 0 Å². The third-order valence-electron chi connectivity index (χ3n) is 1.81. The van der Waals surface area contributed by atoms with Gasteiger partial charge in [0, 0.05) is 11.1 Å². The molecule has 3 N–H and O–H groups in total. The number of alkyl halides is 2. The van der Waals surface area contributed by atoms with E-state index >= 15 is 0 Å². The molecule has 0 fully saturated rings. The van der Waals surface area contributed by atoms with E-state index in [9.17, 15) is 13.6 Å². The van der Waals surface area contributed by atoms with Gasteiger partial charge in [-0.25, -0.2) is 8.78 Å². The number of halogens is 2. The highest BCUT2D eigenvalue weighted by atomic mass is 19.3. The first-order valence-electron chi connectivity index (χ1n) is 3.85. The molecule has 0 bridgehead atoms. The number of phenols is 1. The molecule has 0 amide bonds. The summed E-state index contributed by atoms with van der Waals surface area (Å²) in [6, 6.07) is 1.87. The molecule has 14 heavy (non-hydrogen) atoms. The fraction of sp³-hybridized carbons (Fsp3) is 0.222. The van der Waals surface area contributed by atoms with Crippen LogP contribution in [0, 0.1) is 0 Å². The average Bonchev–Trinajstić information content (AvgIpc) is 2.08. The Balaban J connectivity index is 3.39. The summed E-state index contributed by atoms with van der Waals surface area (Å²) in [5.74, 6) is -0.947. The maximum atomic E-state index is 12.4. The van der Waals surface area contributed by atoms with E-state index in [0.29, 0.717) is 0 Å². The van der Waals surface area contributed by atoms with Crippen LogP contribution in [0.5, 0.6) is 5.75 Å². The van der Waals surface area contributed by atoms with Crippen LogP contribution in [0.3, 0.4) is 0 Å². The Labute approximate surface area is 79.2 Å². The SMILES string of the molecule is CC(=O)c1cc(N)c(O)cc1C(F)F.